The lowest BCUT2D eigenvalue weighted by molar-refractivity contribution is 0.469. The van der Waals surface area contributed by atoms with Crippen molar-refractivity contribution in [1.82, 2.24) is 9.38 Å². The molecule has 2 heterocycles. The molecule has 1 aromatic carbocycles. The van der Waals surface area contributed by atoms with Crippen LogP contribution in [0.3, 0.4) is 0 Å². The maximum Gasteiger partial charge on any atom is 0.141 e. The van der Waals surface area contributed by atoms with E-state index in [1.54, 1.807) is 6.07 Å². The second-order valence-electron chi connectivity index (χ2n) is 4.51. The second kappa shape index (κ2) is 4.74. The number of phenols is 1. The van der Waals surface area contributed by atoms with Crippen LogP contribution in [0, 0.1) is 0 Å². The molecule has 0 aliphatic rings. The minimum absolute atomic E-state index is 0.304. The Labute approximate surface area is 111 Å². The smallest absolute Gasteiger partial charge is 0.141 e. The Morgan fingerprint density at radius 3 is 2.68 bits per heavy atom. The summed E-state index contributed by atoms with van der Waals surface area (Å²) < 4.78 is 1.97. The number of hydrogen-bond donors (Lipinski definition) is 2. The van der Waals surface area contributed by atoms with Crippen molar-refractivity contribution in [3.05, 3.63) is 65.6 Å². The predicted molar refractivity (Wildman–Crippen MR) is 74.0 cm³/mol. The number of imidazole rings is 1. The summed E-state index contributed by atoms with van der Waals surface area (Å²) in [6, 6.07) is 11.3. The first kappa shape index (κ1) is 11.7. The normalized spacial score (nSPS) is 11.0. The van der Waals surface area contributed by atoms with Gasteiger partial charge in [-0.25, -0.2) is 4.98 Å². The Balaban J connectivity index is 2.00. The summed E-state index contributed by atoms with van der Waals surface area (Å²) in [4.78, 5) is 4.59. The molecule has 0 aliphatic heterocycles. The Bertz CT molecular complexity index is 718. The highest BCUT2D eigenvalue weighted by molar-refractivity contribution is 5.49. The van der Waals surface area contributed by atoms with Crippen molar-refractivity contribution >= 4 is 5.65 Å². The maximum atomic E-state index is 9.79. The van der Waals surface area contributed by atoms with Crippen molar-refractivity contribution in [2.45, 2.75) is 13.0 Å². The first-order valence-corrected chi connectivity index (χ1v) is 6.20. The van der Waals surface area contributed by atoms with Gasteiger partial charge in [0, 0.05) is 30.9 Å². The van der Waals surface area contributed by atoms with Gasteiger partial charge in [0.1, 0.15) is 11.4 Å². The van der Waals surface area contributed by atoms with E-state index in [1.165, 1.54) is 0 Å². The van der Waals surface area contributed by atoms with E-state index in [9.17, 15) is 5.11 Å². The Hall–Kier alpha value is -2.33. The summed E-state index contributed by atoms with van der Waals surface area (Å²) in [5, 5.41) is 9.79. The minimum Gasteiger partial charge on any atom is -0.508 e. The van der Waals surface area contributed by atoms with E-state index in [2.05, 4.69) is 4.98 Å². The van der Waals surface area contributed by atoms with E-state index < -0.39 is 0 Å². The van der Waals surface area contributed by atoms with E-state index in [1.807, 2.05) is 47.1 Å². The van der Waals surface area contributed by atoms with Gasteiger partial charge in [-0.3, -0.25) is 0 Å². The van der Waals surface area contributed by atoms with Crippen LogP contribution in [0.25, 0.3) is 5.65 Å². The quantitative estimate of drug-likeness (QED) is 0.751. The molecule has 0 fully saturated rings. The van der Waals surface area contributed by atoms with Crippen LogP contribution >= 0.6 is 0 Å². The van der Waals surface area contributed by atoms with E-state index in [-0.39, 0.29) is 0 Å². The summed E-state index contributed by atoms with van der Waals surface area (Å²) in [7, 11) is 0. The monoisotopic (exact) mass is 253 g/mol. The average Bonchev–Trinajstić information content (AvgIpc) is 2.83. The molecule has 0 atom stereocenters. The zero-order chi connectivity index (χ0) is 13.2. The molecular formula is C15H15N3O. The van der Waals surface area contributed by atoms with Gasteiger partial charge in [-0.15, -0.1) is 0 Å². The molecule has 0 saturated carbocycles. The van der Waals surface area contributed by atoms with Crippen molar-refractivity contribution < 1.29 is 5.11 Å². The predicted octanol–water partition coefficient (Wildman–Crippen LogP) is 2.09. The Kier molecular flexibility index (Phi) is 2.93. The van der Waals surface area contributed by atoms with Crippen LogP contribution in [0.4, 0.5) is 0 Å². The lowest BCUT2D eigenvalue weighted by Gasteiger charge is -2.00. The number of nitrogens with two attached hydrogens (primary N) is 1. The van der Waals surface area contributed by atoms with Gasteiger partial charge in [0.2, 0.25) is 0 Å². The molecule has 0 bridgehead atoms. The molecule has 0 saturated heterocycles. The number of aromatic hydroxyl groups is 1. The highest BCUT2D eigenvalue weighted by atomic mass is 16.3. The number of para-hydroxylation sites is 1. The van der Waals surface area contributed by atoms with Crippen LogP contribution in [0.5, 0.6) is 5.75 Å². The molecule has 4 nitrogen and oxygen atoms in total. The fraction of sp³-hybridized carbons (Fsp3) is 0.133. The Morgan fingerprint density at radius 2 is 1.89 bits per heavy atom. The summed E-state index contributed by atoms with van der Waals surface area (Å²) in [6.07, 6.45) is 4.54. The van der Waals surface area contributed by atoms with Crippen LogP contribution in [0.2, 0.25) is 0 Å². The van der Waals surface area contributed by atoms with Gasteiger partial charge in [0.05, 0.1) is 5.69 Å². The maximum absolute atomic E-state index is 9.79. The molecule has 0 amide bonds. The molecule has 0 unspecified atom stereocenters. The summed E-state index contributed by atoms with van der Waals surface area (Å²) in [6.45, 7) is 0.470. The van der Waals surface area contributed by atoms with Gasteiger partial charge < -0.3 is 15.2 Å². The summed E-state index contributed by atoms with van der Waals surface area (Å²) >= 11 is 0. The van der Waals surface area contributed by atoms with E-state index >= 15 is 0 Å². The molecule has 4 heteroatoms. The lowest BCUT2D eigenvalue weighted by atomic mass is 10.1. The van der Waals surface area contributed by atoms with Crippen LogP contribution in [0.15, 0.2) is 48.8 Å². The van der Waals surface area contributed by atoms with Crippen molar-refractivity contribution in [2.24, 2.45) is 5.73 Å². The first-order chi connectivity index (χ1) is 9.28. The van der Waals surface area contributed by atoms with Gasteiger partial charge in [-0.05, 0) is 17.7 Å². The number of aromatic nitrogens is 2. The fourth-order valence-corrected chi connectivity index (χ4v) is 2.22. The van der Waals surface area contributed by atoms with Gasteiger partial charge in [0.15, 0.2) is 0 Å². The fourth-order valence-electron chi connectivity index (χ4n) is 2.22. The number of fused-ring (bicyclic) bond motifs is 1. The molecule has 19 heavy (non-hydrogen) atoms. The number of pyridine rings is 1. The largest absolute Gasteiger partial charge is 0.508 e. The van der Waals surface area contributed by atoms with Crippen molar-refractivity contribution in [2.75, 3.05) is 0 Å². The second-order valence-corrected chi connectivity index (χ2v) is 4.51. The van der Waals surface area contributed by atoms with Crippen LogP contribution in [-0.4, -0.2) is 14.5 Å². The van der Waals surface area contributed by atoms with E-state index in [0.29, 0.717) is 18.7 Å². The van der Waals surface area contributed by atoms with Crippen molar-refractivity contribution in [1.29, 1.82) is 0 Å². The van der Waals surface area contributed by atoms with Crippen LogP contribution < -0.4 is 5.73 Å². The van der Waals surface area contributed by atoms with Gasteiger partial charge >= 0.3 is 0 Å². The molecular weight excluding hydrogens is 238 g/mol. The zero-order valence-corrected chi connectivity index (χ0v) is 10.5. The molecule has 2 aromatic heterocycles. The Morgan fingerprint density at radius 1 is 1.11 bits per heavy atom. The molecule has 96 valence electrons. The number of nitrogens with zero attached hydrogens (tertiary/aromatic N) is 2. The highest BCUT2D eigenvalue weighted by Crippen LogP contribution is 2.20. The number of hydrogen-bond acceptors (Lipinski definition) is 3. The zero-order valence-electron chi connectivity index (χ0n) is 10.5. The number of phenolic OH excluding ortho intramolecular Hbond substituents is 1. The van der Waals surface area contributed by atoms with Gasteiger partial charge in [-0.2, -0.15) is 0 Å². The lowest BCUT2D eigenvalue weighted by Crippen LogP contribution is -1.99. The molecule has 3 aromatic rings. The molecule has 0 radical (unpaired) electrons. The topological polar surface area (TPSA) is 63.5 Å². The van der Waals surface area contributed by atoms with Crippen molar-refractivity contribution in [3.63, 3.8) is 0 Å². The van der Waals surface area contributed by atoms with E-state index in [4.69, 9.17) is 5.73 Å². The highest BCUT2D eigenvalue weighted by Gasteiger charge is 2.07. The number of rotatable bonds is 3. The minimum atomic E-state index is 0.304. The van der Waals surface area contributed by atoms with Gasteiger partial charge in [0.25, 0.3) is 0 Å². The van der Waals surface area contributed by atoms with Gasteiger partial charge in [-0.1, -0.05) is 24.3 Å². The standard InChI is InChI=1S/C15H15N3O/c16-9-12-5-3-7-18-10-13(17-15(12)18)8-11-4-1-2-6-14(11)19/h1-7,10,19H,8-9,16H2. The first-order valence-electron chi connectivity index (χ1n) is 6.20. The third-order valence-electron chi connectivity index (χ3n) is 3.20. The number of benzene rings is 1. The third-order valence-corrected chi connectivity index (χ3v) is 3.20. The SMILES string of the molecule is NCc1cccn2cc(Cc3ccccc3O)nc12. The van der Waals surface area contributed by atoms with Crippen LogP contribution in [-0.2, 0) is 13.0 Å². The average molecular weight is 253 g/mol. The summed E-state index contributed by atoms with van der Waals surface area (Å²) in [5.41, 5.74) is 9.41. The van der Waals surface area contributed by atoms with Crippen LogP contribution in [0.1, 0.15) is 16.8 Å². The third kappa shape index (κ3) is 2.18. The van der Waals surface area contributed by atoms with E-state index in [0.717, 1.165) is 22.5 Å². The van der Waals surface area contributed by atoms with Crippen molar-refractivity contribution in [3.8, 4) is 5.75 Å². The molecule has 3 N–H and O–H groups in total. The molecule has 0 spiro atoms. The summed E-state index contributed by atoms with van der Waals surface area (Å²) in [5.74, 6) is 0.304. The molecule has 0 aliphatic carbocycles. The molecule has 3 rings (SSSR count).